The van der Waals surface area contributed by atoms with Gasteiger partial charge in [0.2, 0.25) is 6.79 Å². The van der Waals surface area contributed by atoms with Crippen molar-refractivity contribution in [2.75, 3.05) is 37.9 Å². The van der Waals surface area contributed by atoms with E-state index in [1.165, 1.54) is 5.56 Å². The smallest absolute Gasteiger partial charge is 0.231 e. The van der Waals surface area contributed by atoms with E-state index in [0.717, 1.165) is 43.5 Å². The summed E-state index contributed by atoms with van der Waals surface area (Å²) in [5.41, 5.74) is 1.28. The molecule has 1 fully saturated rings. The molecule has 5 nitrogen and oxygen atoms in total. The van der Waals surface area contributed by atoms with Crippen LogP contribution in [0.5, 0.6) is 11.5 Å². The van der Waals surface area contributed by atoms with E-state index in [9.17, 15) is 0 Å². The maximum Gasteiger partial charge on any atom is 0.231 e. The third-order valence-corrected chi connectivity index (χ3v) is 4.71. The summed E-state index contributed by atoms with van der Waals surface area (Å²) in [5, 5.41) is 0. The molecule has 0 N–H and O–H groups in total. The predicted molar refractivity (Wildman–Crippen MR) is 89.0 cm³/mol. The number of aromatic nitrogens is 1. The molecule has 1 unspecified atom stereocenters. The van der Waals surface area contributed by atoms with Crippen LogP contribution in [0, 0.1) is 0 Å². The van der Waals surface area contributed by atoms with Gasteiger partial charge in [-0.1, -0.05) is 12.1 Å². The second kappa shape index (κ2) is 6.08. The Kier molecular flexibility index (Phi) is 3.79. The molecule has 1 atom stereocenters. The summed E-state index contributed by atoms with van der Waals surface area (Å²) >= 11 is 0. The molecular formula is C18H21N3O2. The van der Waals surface area contributed by atoms with Gasteiger partial charge in [0.1, 0.15) is 5.82 Å². The highest BCUT2D eigenvalue weighted by Gasteiger charge is 2.24. The summed E-state index contributed by atoms with van der Waals surface area (Å²) in [4.78, 5) is 9.31. The van der Waals surface area contributed by atoms with Gasteiger partial charge in [-0.15, -0.1) is 0 Å². The van der Waals surface area contributed by atoms with Crippen LogP contribution in [-0.2, 0) is 0 Å². The maximum atomic E-state index is 5.49. The fraction of sp³-hybridized carbons (Fsp3) is 0.389. The lowest BCUT2D eigenvalue weighted by Gasteiger charge is -2.38. The fourth-order valence-electron chi connectivity index (χ4n) is 3.26. The van der Waals surface area contributed by atoms with Crippen LogP contribution in [0.3, 0.4) is 0 Å². The van der Waals surface area contributed by atoms with Crippen molar-refractivity contribution >= 4 is 5.82 Å². The lowest BCUT2D eigenvalue weighted by atomic mass is 10.1. The predicted octanol–water partition coefficient (Wildman–Crippen LogP) is 2.69. The quantitative estimate of drug-likeness (QED) is 0.871. The minimum absolute atomic E-state index is 0.329. The van der Waals surface area contributed by atoms with E-state index >= 15 is 0 Å². The Morgan fingerprint density at radius 2 is 1.83 bits per heavy atom. The van der Waals surface area contributed by atoms with Gasteiger partial charge in [0, 0.05) is 38.4 Å². The van der Waals surface area contributed by atoms with Gasteiger partial charge in [0.15, 0.2) is 11.5 Å². The number of hydrogen-bond acceptors (Lipinski definition) is 5. The van der Waals surface area contributed by atoms with Crippen molar-refractivity contribution in [1.82, 2.24) is 9.88 Å². The molecule has 0 bridgehead atoms. The number of benzene rings is 1. The van der Waals surface area contributed by atoms with Gasteiger partial charge < -0.3 is 14.4 Å². The van der Waals surface area contributed by atoms with Gasteiger partial charge >= 0.3 is 0 Å². The van der Waals surface area contributed by atoms with Crippen LogP contribution in [0.2, 0.25) is 0 Å². The Morgan fingerprint density at radius 1 is 1.00 bits per heavy atom. The number of hydrogen-bond donors (Lipinski definition) is 0. The van der Waals surface area contributed by atoms with Crippen LogP contribution in [0.4, 0.5) is 5.82 Å². The maximum absolute atomic E-state index is 5.49. The molecule has 5 heteroatoms. The van der Waals surface area contributed by atoms with Crippen LogP contribution in [0.15, 0.2) is 42.6 Å². The molecule has 120 valence electrons. The molecule has 0 amide bonds. The molecule has 0 radical (unpaired) electrons. The van der Waals surface area contributed by atoms with E-state index in [2.05, 4.69) is 39.9 Å². The van der Waals surface area contributed by atoms with Crippen molar-refractivity contribution in [3.05, 3.63) is 48.2 Å². The number of anilines is 1. The summed E-state index contributed by atoms with van der Waals surface area (Å²) in [5.74, 6) is 2.78. The molecule has 0 spiro atoms. The number of fused-ring (bicyclic) bond motifs is 1. The topological polar surface area (TPSA) is 37.8 Å². The highest BCUT2D eigenvalue weighted by atomic mass is 16.7. The fourth-order valence-corrected chi connectivity index (χ4v) is 3.26. The zero-order chi connectivity index (χ0) is 15.6. The summed E-state index contributed by atoms with van der Waals surface area (Å²) < 4.78 is 10.9. The summed E-state index contributed by atoms with van der Waals surface area (Å²) in [6.07, 6.45) is 1.86. The third-order valence-electron chi connectivity index (χ3n) is 4.71. The molecule has 2 aliphatic heterocycles. The van der Waals surface area contributed by atoms with Gasteiger partial charge in [-0.3, -0.25) is 4.90 Å². The first kappa shape index (κ1) is 14.3. The lowest BCUT2D eigenvalue weighted by Crippen LogP contribution is -2.47. The Bertz CT molecular complexity index is 669. The third kappa shape index (κ3) is 2.84. The van der Waals surface area contributed by atoms with E-state index in [-0.39, 0.29) is 0 Å². The number of rotatable bonds is 3. The van der Waals surface area contributed by atoms with Crippen molar-refractivity contribution in [2.45, 2.75) is 13.0 Å². The Balaban J connectivity index is 1.42. The van der Waals surface area contributed by atoms with E-state index < -0.39 is 0 Å². The summed E-state index contributed by atoms with van der Waals surface area (Å²) in [7, 11) is 0. The molecule has 1 aromatic heterocycles. The van der Waals surface area contributed by atoms with Gasteiger partial charge in [0.05, 0.1) is 0 Å². The average Bonchev–Trinajstić information content (AvgIpc) is 3.10. The Labute approximate surface area is 136 Å². The standard InChI is InChI=1S/C18H21N3O2/c1-14(15-5-6-16-17(12-15)23-13-22-16)20-8-10-21(11-9-20)18-4-2-3-7-19-18/h2-7,12,14H,8-11,13H2,1H3. The summed E-state index contributed by atoms with van der Waals surface area (Å²) in [6.45, 7) is 6.67. The molecule has 0 aliphatic carbocycles. The van der Waals surface area contributed by atoms with Crippen molar-refractivity contribution in [3.8, 4) is 11.5 Å². The van der Waals surface area contributed by atoms with Gasteiger partial charge in [-0.05, 0) is 36.8 Å². The van der Waals surface area contributed by atoms with Crippen LogP contribution in [-0.4, -0.2) is 42.9 Å². The highest BCUT2D eigenvalue weighted by molar-refractivity contribution is 5.45. The number of pyridine rings is 1. The van der Waals surface area contributed by atoms with Crippen molar-refractivity contribution in [1.29, 1.82) is 0 Å². The van der Waals surface area contributed by atoms with Crippen LogP contribution < -0.4 is 14.4 Å². The van der Waals surface area contributed by atoms with E-state index in [4.69, 9.17) is 9.47 Å². The monoisotopic (exact) mass is 311 g/mol. The molecule has 2 aliphatic rings. The van der Waals surface area contributed by atoms with E-state index in [1.54, 1.807) is 0 Å². The Hall–Kier alpha value is -2.27. The zero-order valence-corrected chi connectivity index (χ0v) is 13.3. The number of ether oxygens (including phenoxy) is 2. The summed E-state index contributed by atoms with van der Waals surface area (Å²) in [6, 6.07) is 12.7. The first-order valence-electron chi connectivity index (χ1n) is 8.11. The first-order valence-corrected chi connectivity index (χ1v) is 8.11. The minimum atomic E-state index is 0.329. The van der Waals surface area contributed by atoms with E-state index in [0.29, 0.717) is 12.8 Å². The molecule has 4 rings (SSSR count). The minimum Gasteiger partial charge on any atom is -0.454 e. The van der Waals surface area contributed by atoms with Crippen molar-refractivity contribution in [2.24, 2.45) is 0 Å². The molecular weight excluding hydrogens is 290 g/mol. The van der Waals surface area contributed by atoms with Crippen molar-refractivity contribution < 1.29 is 9.47 Å². The van der Waals surface area contributed by atoms with Crippen LogP contribution in [0.1, 0.15) is 18.5 Å². The SMILES string of the molecule is CC(c1ccc2c(c1)OCO2)N1CCN(c2ccccn2)CC1. The lowest BCUT2D eigenvalue weighted by molar-refractivity contribution is 0.173. The van der Waals surface area contributed by atoms with Crippen molar-refractivity contribution in [3.63, 3.8) is 0 Å². The molecule has 3 heterocycles. The number of nitrogens with zero attached hydrogens (tertiary/aromatic N) is 3. The van der Waals surface area contributed by atoms with E-state index in [1.807, 2.05) is 24.4 Å². The first-order chi connectivity index (χ1) is 11.3. The van der Waals surface area contributed by atoms with Crippen LogP contribution >= 0.6 is 0 Å². The second-order valence-corrected chi connectivity index (χ2v) is 6.00. The second-order valence-electron chi connectivity index (χ2n) is 6.00. The van der Waals surface area contributed by atoms with Gasteiger partial charge in [-0.25, -0.2) is 4.98 Å². The molecule has 23 heavy (non-hydrogen) atoms. The Morgan fingerprint density at radius 3 is 2.61 bits per heavy atom. The molecule has 0 saturated carbocycles. The molecule has 1 saturated heterocycles. The highest BCUT2D eigenvalue weighted by Crippen LogP contribution is 2.35. The molecule has 2 aromatic rings. The van der Waals surface area contributed by atoms with Crippen LogP contribution in [0.25, 0.3) is 0 Å². The van der Waals surface area contributed by atoms with Gasteiger partial charge in [0.25, 0.3) is 0 Å². The number of piperazine rings is 1. The normalized spacial score (nSPS) is 18.9. The largest absolute Gasteiger partial charge is 0.454 e. The average molecular weight is 311 g/mol. The zero-order valence-electron chi connectivity index (χ0n) is 13.3. The molecule has 1 aromatic carbocycles. The van der Waals surface area contributed by atoms with Gasteiger partial charge in [-0.2, -0.15) is 0 Å².